The summed E-state index contributed by atoms with van der Waals surface area (Å²) >= 11 is 0. The van der Waals surface area contributed by atoms with Crippen LogP contribution in [-0.2, 0) is 28.6 Å². The van der Waals surface area contributed by atoms with Crippen molar-refractivity contribution < 1.29 is 59.2 Å². The van der Waals surface area contributed by atoms with Crippen LogP contribution in [0.2, 0.25) is 0 Å². The molecule has 1 rings (SSSR count). The zero-order valence-corrected chi connectivity index (χ0v) is 20.8. The van der Waals surface area contributed by atoms with E-state index in [0.717, 1.165) is 25.7 Å². The van der Waals surface area contributed by atoms with Crippen molar-refractivity contribution in [3.05, 3.63) is 11.5 Å². The van der Waals surface area contributed by atoms with E-state index >= 15 is 0 Å². The maximum atomic E-state index is 12.8. The minimum Gasteiger partial charge on any atom is -0.484 e. The highest BCUT2D eigenvalue weighted by Crippen LogP contribution is 2.39. The second kappa shape index (κ2) is 16.6. The van der Waals surface area contributed by atoms with Gasteiger partial charge in [0, 0.05) is 0 Å². The summed E-state index contributed by atoms with van der Waals surface area (Å²) < 4.78 is 15.3. The van der Waals surface area contributed by atoms with E-state index in [9.17, 15) is 39.9 Å². The lowest BCUT2D eigenvalue weighted by Gasteiger charge is -2.32. The number of aliphatic hydroxyl groups is 6. The molecule has 0 saturated heterocycles. The third kappa shape index (κ3) is 8.49. The van der Waals surface area contributed by atoms with Gasteiger partial charge in [-0.25, -0.2) is 9.59 Å². The first-order chi connectivity index (χ1) is 17.2. The Morgan fingerprint density at radius 1 is 0.833 bits per heavy atom. The molecular formula is C24H40O12. The number of cyclic esters (lactones) is 1. The lowest BCUT2D eigenvalue weighted by Crippen LogP contribution is -2.58. The molecule has 12 heteroatoms. The molecule has 1 heterocycles. The maximum Gasteiger partial charge on any atom is 0.379 e. The van der Waals surface area contributed by atoms with Gasteiger partial charge in [-0.1, -0.05) is 64.7 Å². The number of carbonyl (C=O) groups is 3. The van der Waals surface area contributed by atoms with Gasteiger partial charge in [0.15, 0.2) is 6.10 Å². The molecule has 0 aromatic heterocycles. The molecule has 36 heavy (non-hydrogen) atoms. The summed E-state index contributed by atoms with van der Waals surface area (Å²) in [5, 5.41) is 57.5. The van der Waals surface area contributed by atoms with Gasteiger partial charge >= 0.3 is 11.9 Å². The molecule has 6 N–H and O–H groups in total. The molecule has 1 aliphatic heterocycles. The van der Waals surface area contributed by atoms with E-state index in [1.54, 1.807) is 0 Å². The highest BCUT2D eigenvalue weighted by Gasteiger charge is 2.63. The van der Waals surface area contributed by atoms with E-state index in [1.165, 1.54) is 32.1 Å². The van der Waals surface area contributed by atoms with Crippen LogP contribution in [0.15, 0.2) is 11.5 Å². The molecule has 0 aromatic rings. The van der Waals surface area contributed by atoms with Crippen LogP contribution in [0, 0.1) is 0 Å². The first-order valence-corrected chi connectivity index (χ1v) is 12.4. The topological polar surface area (TPSA) is 200 Å². The minimum atomic E-state index is -2.92. The predicted molar refractivity (Wildman–Crippen MR) is 124 cm³/mol. The Morgan fingerprint density at radius 2 is 1.36 bits per heavy atom. The van der Waals surface area contributed by atoms with Crippen molar-refractivity contribution in [2.24, 2.45) is 0 Å². The molecule has 0 amide bonds. The number of rotatable bonds is 20. The highest BCUT2D eigenvalue weighted by molar-refractivity contribution is 6.04. The fraction of sp³-hybridized carbons (Fsp3) is 0.792. The molecule has 0 fully saturated rings. The van der Waals surface area contributed by atoms with E-state index in [4.69, 9.17) is 19.3 Å². The second-order valence-corrected chi connectivity index (χ2v) is 8.69. The maximum absolute atomic E-state index is 12.8. The first-order valence-electron chi connectivity index (χ1n) is 12.4. The van der Waals surface area contributed by atoms with E-state index in [-0.39, 0.29) is 6.61 Å². The summed E-state index contributed by atoms with van der Waals surface area (Å²) in [5.41, 5.74) is -2.92. The zero-order chi connectivity index (χ0) is 27.1. The van der Waals surface area contributed by atoms with Gasteiger partial charge in [0.25, 0.3) is 5.60 Å². The first kappa shape index (κ1) is 31.9. The summed E-state index contributed by atoms with van der Waals surface area (Å²) in [6.07, 6.45) is 3.94. The average Bonchev–Trinajstić information content (AvgIpc) is 3.16. The molecule has 0 radical (unpaired) electrons. The summed E-state index contributed by atoms with van der Waals surface area (Å²) in [7, 11) is 0. The van der Waals surface area contributed by atoms with Gasteiger partial charge in [-0.2, -0.15) is 0 Å². The van der Waals surface area contributed by atoms with E-state index < -0.39 is 73.0 Å². The molecule has 4 atom stereocenters. The molecule has 208 valence electrons. The van der Waals surface area contributed by atoms with Crippen molar-refractivity contribution in [1.82, 2.24) is 0 Å². The number of hydrogen-bond donors (Lipinski definition) is 6. The number of carbonyl (C=O) groups excluding carboxylic acids is 3. The number of hydrogen-bond acceptors (Lipinski definition) is 12. The summed E-state index contributed by atoms with van der Waals surface area (Å²) in [6, 6.07) is 0. The largest absolute Gasteiger partial charge is 0.484 e. The van der Waals surface area contributed by atoms with E-state index in [2.05, 4.69) is 6.92 Å². The van der Waals surface area contributed by atoms with Gasteiger partial charge in [0.05, 0.1) is 26.4 Å². The molecule has 1 aliphatic rings. The summed E-state index contributed by atoms with van der Waals surface area (Å²) in [6.45, 7) is -1.25. The Hall–Kier alpha value is -2.09. The monoisotopic (exact) mass is 520 g/mol. The van der Waals surface area contributed by atoms with Gasteiger partial charge in [0.2, 0.25) is 17.3 Å². The number of ketones is 1. The van der Waals surface area contributed by atoms with Crippen molar-refractivity contribution in [2.75, 3.05) is 26.4 Å². The van der Waals surface area contributed by atoms with E-state index in [1.807, 2.05) is 0 Å². The molecule has 0 saturated carbocycles. The number of ether oxygens (including phenoxy) is 3. The number of aliphatic hydroxyl groups excluding tert-OH is 6. The summed E-state index contributed by atoms with van der Waals surface area (Å²) in [4.78, 5) is 37.5. The van der Waals surface area contributed by atoms with Crippen molar-refractivity contribution in [3.63, 3.8) is 0 Å². The van der Waals surface area contributed by atoms with Gasteiger partial charge in [0.1, 0.15) is 12.2 Å². The standard InChI is InChI=1S/C24H40O12/c1-2-3-4-5-6-7-8-9-10-11-12-34-19-21(35-22(32)17(29)14-26)24(18(30)15-27,36-23(19)33)20(31)16(28)13-25/h16-18,25-30H,2-15H2,1H3/t16?,17?,18-,24-/m0/s1. The van der Waals surface area contributed by atoms with Crippen molar-refractivity contribution >= 4 is 17.7 Å². The molecule has 0 aliphatic carbocycles. The van der Waals surface area contributed by atoms with Gasteiger partial charge in [-0.05, 0) is 6.42 Å². The van der Waals surface area contributed by atoms with Crippen molar-refractivity contribution in [2.45, 2.75) is 95.0 Å². The van der Waals surface area contributed by atoms with Crippen LogP contribution >= 0.6 is 0 Å². The molecule has 0 spiro atoms. The second-order valence-electron chi connectivity index (χ2n) is 8.69. The minimum absolute atomic E-state index is 0.0490. The molecule has 0 aromatic carbocycles. The SMILES string of the molecule is CCCCCCCCCCCCOC1=C(OC(=O)C(O)CO)[C@@](C(=O)C(O)CO)([C@@H](O)CO)OC1=O. The van der Waals surface area contributed by atoms with Gasteiger partial charge < -0.3 is 44.8 Å². The molecular weight excluding hydrogens is 480 g/mol. The smallest absolute Gasteiger partial charge is 0.379 e. The Bertz CT molecular complexity index is 737. The Morgan fingerprint density at radius 3 is 1.86 bits per heavy atom. The van der Waals surface area contributed by atoms with Crippen LogP contribution in [0.3, 0.4) is 0 Å². The number of Topliss-reactive ketones (excluding diaryl/α,β-unsaturated/α-hetero) is 1. The number of esters is 2. The van der Waals surface area contributed by atoms with Gasteiger partial charge in [-0.3, -0.25) is 4.79 Å². The summed E-state index contributed by atoms with van der Waals surface area (Å²) in [5.74, 6) is -6.08. The van der Waals surface area contributed by atoms with E-state index in [0.29, 0.717) is 6.42 Å². The van der Waals surface area contributed by atoms with Crippen LogP contribution in [0.4, 0.5) is 0 Å². The van der Waals surface area contributed by atoms with Crippen LogP contribution < -0.4 is 0 Å². The quantitative estimate of drug-likeness (QED) is 0.0898. The third-order valence-corrected chi connectivity index (χ3v) is 5.86. The van der Waals surface area contributed by atoms with Crippen LogP contribution in [-0.4, -0.2) is 98.7 Å². The Labute approximate surface area is 210 Å². The molecule has 0 bridgehead atoms. The lowest BCUT2D eigenvalue weighted by molar-refractivity contribution is -0.182. The fourth-order valence-electron chi connectivity index (χ4n) is 3.76. The molecule has 12 nitrogen and oxygen atoms in total. The predicted octanol–water partition coefficient (Wildman–Crippen LogP) is -0.397. The van der Waals surface area contributed by atoms with Crippen molar-refractivity contribution in [1.29, 1.82) is 0 Å². The van der Waals surface area contributed by atoms with Crippen LogP contribution in [0.1, 0.15) is 71.1 Å². The van der Waals surface area contributed by atoms with Gasteiger partial charge in [-0.15, -0.1) is 0 Å². The Balaban J connectivity index is 2.96. The van der Waals surface area contributed by atoms with Crippen LogP contribution in [0.25, 0.3) is 0 Å². The lowest BCUT2D eigenvalue weighted by atomic mass is 9.87. The molecule has 2 unspecified atom stereocenters. The van der Waals surface area contributed by atoms with Crippen molar-refractivity contribution in [3.8, 4) is 0 Å². The van der Waals surface area contributed by atoms with Crippen LogP contribution in [0.5, 0.6) is 0 Å². The Kier molecular flexibility index (Phi) is 14.7. The number of unbranched alkanes of at least 4 members (excludes halogenated alkanes) is 9. The highest BCUT2D eigenvalue weighted by atomic mass is 16.6. The third-order valence-electron chi connectivity index (χ3n) is 5.86. The normalized spacial score (nSPS) is 20.1. The fourth-order valence-corrected chi connectivity index (χ4v) is 3.76. The average molecular weight is 521 g/mol. The zero-order valence-electron chi connectivity index (χ0n) is 20.8.